The molecule has 0 aromatic heterocycles. The predicted octanol–water partition coefficient (Wildman–Crippen LogP) is 2.45. The Bertz CT molecular complexity index is 324. The monoisotopic (exact) mass is 200 g/mol. The summed E-state index contributed by atoms with van der Waals surface area (Å²) < 4.78 is 28.4. The number of hydrogen-bond donors (Lipinski definition) is 0. The molecule has 0 saturated carbocycles. The van der Waals surface area contributed by atoms with Crippen molar-refractivity contribution in [1.82, 2.24) is 0 Å². The third-order valence-corrected chi connectivity index (χ3v) is 1.59. The first kappa shape index (κ1) is 10.6. The van der Waals surface area contributed by atoms with Crippen molar-refractivity contribution in [2.24, 2.45) is 0 Å². The molecule has 0 aliphatic carbocycles. The first-order valence-electron chi connectivity index (χ1n) is 4.09. The predicted molar refractivity (Wildman–Crippen MR) is 48.1 cm³/mol. The molecule has 0 heterocycles. The van der Waals surface area contributed by atoms with Crippen molar-refractivity contribution < 1.29 is 18.3 Å². The molecule has 14 heavy (non-hydrogen) atoms. The highest BCUT2D eigenvalue weighted by Gasteiger charge is 2.04. The summed E-state index contributed by atoms with van der Waals surface area (Å²) in [5, 5.41) is 0. The third kappa shape index (κ3) is 3.12. The van der Waals surface area contributed by atoms with Crippen molar-refractivity contribution in [2.75, 3.05) is 6.61 Å². The summed E-state index contributed by atoms with van der Waals surface area (Å²) in [6.07, 6.45) is -1.85. The van der Waals surface area contributed by atoms with E-state index in [9.17, 15) is 13.6 Å². The molecule has 0 fully saturated rings. The second-order valence-electron chi connectivity index (χ2n) is 2.90. The van der Waals surface area contributed by atoms with Crippen LogP contribution in [0.2, 0.25) is 0 Å². The van der Waals surface area contributed by atoms with Gasteiger partial charge in [-0.1, -0.05) is 0 Å². The first-order chi connectivity index (χ1) is 6.61. The van der Waals surface area contributed by atoms with E-state index < -0.39 is 13.0 Å². The van der Waals surface area contributed by atoms with Crippen LogP contribution in [0, 0.1) is 6.92 Å². The first-order valence-corrected chi connectivity index (χ1v) is 4.09. The fourth-order valence-electron chi connectivity index (χ4n) is 1.09. The molecule has 0 saturated heterocycles. The van der Waals surface area contributed by atoms with Gasteiger partial charge in [0.1, 0.15) is 18.6 Å². The van der Waals surface area contributed by atoms with Crippen LogP contribution in [0.3, 0.4) is 0 Å². The summed E-state index contributed by atoms with van der Waals surface area (Å²) in [6.45, 7) is 1.12. The van der Waals surface area contributed by atoms with E-state index in [4.69, 9.17) is 4.74 Å². The fraction of sp³-hybridized carbons (Fsp3) is 0.300. The van der Waals surface area contributed by atoms with E-state index >= 15 is 0 Å². The van der Waals surface area contributed by atoms with E-state index in [-0.39, 0.29) is 0 Å². The quantitative estimate of drug-likeness (QED) is 0.698. The Hall–Kier alpha value is -1.45. The fourth-order valence-corrected chi connectivity index (χ4v) is 1.09. The average molecular weight is 200 g/mol. The maximum Gasteiger partial charge on any atom is 0.272 e. The van der Waals surface area contributed by atoms with Crippen LogP contribution in [0.1, 0.15) is 15.9 Å². The molecule has 4 heteroatoms. The molecule has 0 radical (unpaired) electrons. The number of aldehydes is 1. The Labute approximate surface area is 80.5 Å². The number of carbonyl (C=O) groups is 1. The lowest BCUT2D eigenvalue weighted by atomic mass is 10.1. The van der Waals surface area contributed by atoms with Gasteiger partial charge in [-0.3, -0.25) is 4.79 Å². The van der Waals surface area contributed by atoms with Crippen LogP contribution in [-0.4, -0.2) is 19.3 Å². The summed E-state index contributed by atoms with van der Waals surface area (Å²) in [5.74, 6) is 0.299. The lowest BCUT2D eigenvalue weighted by Crippen LogP contribution is -2.07. The minimum Gasteiger partial charge on any atom is -0.488 e. The number of benzene rings is 1. The zero-order valence-corrected chi connectivity index (χ0v) is 7.67. The molecule has 0 N–H and O–H groups in total. The minimum atomic E-state index is -2.50. The molecule has 0 atom stereocenters. The van der Waals surface area contributed by atoms with Gasteiger partial charge in [0.05, 0.1) is 0 Å². The number of ether oxygens (including phenoxy) is 1. The molecular weight excluding hydrogens is 190 g/mol. The molecule has 0 bridgehead atoms. The van der Waals surface area contributed by atoms with Gasteiger partial charge in [-0.15, -0.1) is 0 Å². The van der Waals surface area contributed by atoms with Crippen LogP contribution in [0.15, 0.2) is 18.2 Å². The number of rotatable bonds is 4. The summed E-state index contributed by atoms with van der Waals surface area (Å²) in [6, 6.07) is 4.69. The normalized spacial score (nSPS) is 10.3. The Morgan fingerprint density at radius 2 is 2.14 bits per heavy atom. The van der Waals surface area contributed by atoms with Crippen molar-refractivity contribution in [3.63, 3.8) is 0 Å². The van der Waals surface area contributed by atoms with Crippen LogP contribution < -0.4 is 4.74 Å². The largest absolute Gasteiger partial charge is 0.488 e. The lowest BCUT2D eigenvalue weighted by molar-refractivity contribution is 0.0818. The second kappa shape index (κ2) is 4.69. The zero-order chi connectivity index (χ0) is 10.6. The van der Waals surface area contributed by atoms with E-state index in [2.05, 4.69) is 0 Å². The van der Waals surface area contributed by atoms with Gasteiger partial charge in [0.2, 0.25) is 0 Å². The number of halogens is 2. The molecule has 0 unspecified atom stereocenters. The molecule has 0 aliphatic rings. The summed E-state index contributed by atoms with van der Waals surface area (Å²) in [7, 11) is 0. The molecule has 1 aromatic carbocycles. The van der Waals surface area contributed by atoms with Gasteiger partial charge in [0.15, 0.2) is 0 Å². The second-order valence-corrected chi connectivity index (χ2v) is 2.90. The van der Waals surface area contributed by atoms with Gasteiger partial charge in [0.25, 0.3) is 6.43 Å². The topological polar surface area (TPSA) is 26.3 Å². The van der Waals surface area contributed by atoms with E-state index in [1.165, 1.54) is 6.07 Å². The Kier molecular flexibility index (Phi) is 3.56. The van der Waals surface area contributed by atoms with Crippen LogP contribution in [0.5, 0.6) is 5.75 Å². The van der Waals surface area contributed by atoms with Gasteiger partial charge in [0, 0.05) is 5.56 Å². The summed E-state index contributed by atoms with van der Waals surface area (Å²) >= 11 is 0. The highest BCUT2D eigenvalue weighted by Crippen LogP contribution is 2.16. The zero-order valence-electron chi connectivity index (χ0n) is 7.67. The molecule has 1 aromatic rings. The van der Waals surface area contributed by atoms with E-state index in [1.54, 1.807) is 19.1 Å². The average Bonchev–Trinajstić information content (AvgIpc) is 2.14. The molecule has 0 aliphatic heterocycles. The van der Waals surface area contributed by atoms with Gasteiger partial charge in [-0.2, -0.15) is 0 Å². The van der Waals surface area contributed by atoms with Crippen molar-refractivity contribution >= 4 is 6.29 Å². The summed E-state index contributed by atoms with van der Waals surface area (Å²) in [5.41, 5.74) is 1.23. The van der Waals surface area contributed by atoms with E-state index in [1.807, 2.05) is 0 Å². The van der Waals surface area contributed by atoms with Crippen LogP contribution in [0.4, 0.5) is 8.78 Å². The highest BCUT2D eigenvalue weighted by atomic mass is 19.3. The smallest absolute Gasteiger partial charge is 0.272 e. The molecule has 2 nitrogen and oxygen atoms in total. The SMILES string of the molecule is Cc1cc(C=O)cc(OCC(F)F)c1. The summed E-state index contributed by atoms with van der Waals surface area (Å²) in [4.78, 5) is 10.4. The molecule has 0 amide bonds. The van der Waals surface area contributed by atoms with E-state index in [0.29, 0.717) is 17.6 Å². The van der Waals surface area contributed by atoms with Crippen molar-refractivity contribution in [3.8, 4) is 5.75 Å². The maximum absolute atomic E-state index is 11.8. The number of alkyl halides is 2. The number of aryl methyl sites for hydroxylation is 1. The third-order valence-electron chi connectivity index (χ3n) is 1.59. The van der Waals surface area contributed by atoms with Crippen LogP contribution >= 0.6 is 0 Å². The molecule has 76 valence electrons. The maximum atomic E-state index is 11.8. The van der Waals surface area contributed by atoms with Gasteiger partial charge < -0.3 is 4.74 Å². The standard InChI is InChI=1S/C10H10F2O2/c1-7-2-8(5-13)4-9(3-7)14-6-10(11)12/h2-5,10H,6H2,1H3. The number of carbonyl (C=O) groups excluding carboxylic acids is 1. The molecule has 0 spiro atoms. The van der Waals surface area contributed by atoms with Gasteiger partial charge in [-0.05, 0) is 30.7 Å². The Morgan fingerprint density at radius 1 is 1.43 bits per heavy atom. The van der Waals surface area contributed by atoms with Crippen LogP contribution in [0.25, 0.3) is 0 Å². The van der Waals surface area contributed by atoms with Crippen molar-refractivity contribution in [2.45, 2.75) is 13.3 Å². The lowest BCUT2D eigenvalue weighted by Gasteiger charge is -2.06. The highest BCUT2D eigenvalue weighted by molar-refractivity contribution is 5.76. The van der Waals surface area contributed by atoms with Gasteiger partial charge >= 0.3 is 0 Å². The van der Waals surface area contributed by atoms with Crippen molar-refractivity contribution in [1.29, 1.82) is 0 Å². The Morgan fingerprint density at radius 3 is 2.71 bits per heavy atom. The minimum absolute atomic E-state index is 0.299. The number of hydrogen-bond acceptors (Lipinski definition) is 2. The van der Waals surface area contributed by atoms with E-state index in [0.717, 1.165) is 5.56 Å². The molecule has 1 rings (SSSR count). The van der Waals surface area contributed by atoms with Crippen molar-refractivity contribution in [3.05, 3.63) is 29.3 Å². The van der Waals surface area contributed by atoms with Gasteiger partial charge in [-0.25, -0.2) is 8.78 Å². The molecular formula is C10H10F2O2. The van der Waals surface area contributed by atoms with Crippen LogP contribution in [-0.2, 0) is 0 Å². The Balaban J connectivity index is 2.76.